The van der Waals surface area contributed by atoms with Crippen LogP contribution < -0.4 is 15.0 Å². The summed E-state index contributed by atoms with van der Waals surface area (Å²) in [7, 11) is 1.84. The number of nitrogens with one attached hydrogen (secondary N) is 1. The number of carbonyl (C=O) groups excluding carboxylic acids is 1. The fourth-order valence-corrected chi connectivity index (χ4v) is 3.18. The van der Waals surface area contributed by atoms with Crippen LogP contribution in [0.4, 0.5) is 10.1 Å². The molecule has 1 aliphatic heterocycles. The molecule has 0 saturated heterocycles. The van der Waals surface area contributed by atoms with Crippen molar-refractivity contribution in [3.63, 3.8) is 0 Å². The molecule has 26 heavy (non-hydrogen) atoms. The number of aromatic nitrogens is 2. The Kier molecular flexibility index (Phi) is 4.16. The van der Waals surface area contributed by atoms with E-state index in [1.807, 2.05) is 18.1 Å². The number of hydrogen-bond donors (Lipinski definition) is 1. The lowest BCUT2D eigenvalue weighted by molar-refractivity contribution is 0.0941. The van der Waals surface area contributed by atoms with Gasteiger partial charge in [-0.1, -0.05) is 11.6 Å². The molecule has 134 valence electrons. The molecule has 3 aromatic rings. The van der Waals surface area contributed by atoms with E-state index in [9.17, 15) is 9.18 Å². The summed E-state index contributed by atoms with van der Waals surface area (Å²) in [5, 5.41) is 2.84. The first-order valence-electron chi connectivity index (χ1n) is 8.10. The zero-order valence-corrected chi connectivity index (χ0v) is 14.8. The second-order valence-corrected chi connectivity index (χ2v) is 6.44. The van der Waals surface area contributed by atoms with E-state index in [2.05, 4.69) is 10.3 Å². The minimum absolute atomic E-state index is 0.0314. The lowest BCUT2D eigenvalue weighted by atomic mass is 10.1. The number of benzene rings is 1. The van der Waals surface area contributed by atoms with Gasteiger partial charge in [-0.2, -0.15) is 0 Å². The molecule has 0 atom stereocenters. The number of hydrogen-bond acceptors (Lipinski definition) is 4. The minimum atomic E-state index is -0.499. The first kappa shape index (κ1) is 16.7. The maximum atomic E-state index is 13.9. The van der Waals surface area contributed by atoms with Crippen molar-refractivity contribution in [2.75, 3.05) is 25.1 Å². The molecule has 1 aromatic carbocycles. The summed E-state index contributed by atoms with van der Waals surface area (Å²) in [6.07, 6.45) is 3.52. The molecule has 8 heteroatoms. The van der Waals surface area contributed by atoms with Crippen LogP contribution in [0.3, 0.4) is 0 Å². The van der Waals surface area contributed by atoms with Gasteiger partial charge in [-0.3, -0.25) is 9.20 Å². The summed E-state index contributed by atoms with van der Waals surface area (Å²) in [6.45, 7) is 0.884. The van der Waals surface area contributed by atoms with Crippen molar-refractivity contribution in [3.05, 3.63) is 58.8 Å². The van der Waals surface area contributed by atoms with Gasteiger partial charge < -0.3 is 15.0 Å². The van der Waals surface area contributed by atoms with Crippen molar-refractivity contribution in [1.29, 1.82) is 0 Å². The monoisotopic (exact) mass is 374 g/mol. The molecule has 0 saturated carbocycles. The van der Waals surface area contributed by atoms with E-state index in [0.29, 0.717) is 35.7 Å². The van der Waals surface area contributed by atoms with Crippen LogP contribution in [-0.4, -0.2) is 35.5 Å². The fraction of sp³-hybridized carbons (Fsp3) is 0.222. The van der Waals surface area contributed by atoms with Crippen molar-refractivity contribution in [1.82, 2.24) is 14.7 Å². The lowest BCUT2D eigenvalue weighted by Gasteiger charge is -2.22. The summed E-state index contributed by atoms with van der Waals surface area (Å²) in [4.78, 5) is 18.7. The van der Waals surface area contributed by atoms with E-state index in [0.717, 1.165) is 5.69 Å². The highest BCUT2D eigenvalue weighted by molar-refractivity contribution is 6.31. The number of halogens is 2. The van der Waals surface area contributed by atoms with E-state index in [4.69, 9.17) is 16.3 Å². The van der Waals surface area contributed by atoms with E-state index in [-0.39, 0.29) is 17.5 Å². The van der Waals surface area contributed by atoms with Crippen molar-refractivity contribution < 1.29 is 13.9 Å². The number of anilines is 1. The largest absolute Gasteiger partial charge is 0.491 e. The van der Waals surface area contributed by atoms with Crippen molar-refractivity contribution in [2.24, 2.45) is 0 Å². The third-order valence-corrected chi connectivity index (χ3v) is 4.76. The van der Waals surface area contributed by atoms with Crippen LogP contribution in [0.15, 0.2) is 36.7 Å². The second-order valence-electron chi connectivity index (χ2n) is 6.06. The van der Waals surface area contributed by atoms with Gasteiger partial charge in [-0.25, -0.2) is 9.37 Å². The summed E-state index contributed by atoms with van der Waals surface area (Å²) in [5.41, 5.74) is 2.47. The van der Waals surface area contributed by atoms with Crippen molar-refractivity contribution in [2.45, 2.75) is 6.54 Å². The smallest absolute Gasteiger partial charge is 0.268 e. The Bertz CT molecular complexity index is 1000. The Morgan fingerprint density at radius 3 is 3.00 bits per heavy atom. The zero-order valence-electron chi connectivity index (χ0n) is 14.0. The maximum absolute atomic E-state index is 13.9. The van der Waals surface area contributed by atoms with Gasteiger partial charge in [0.15, 0.2) is 0 Å². The quantitative estimate of drug-likeness (QED) is 0.657. The molecular weight excluding hydrogens is 359 g/mol. The first-order chi connectivity index (χ1) is 12.5. The summed E-state index contributed by atoms with van der Waals surface area (Å²) >= 11 is 6.18. The van der Waals surface area contributed by atoms with Gasteiger partial charge in [0.2, 0.25) is 0 Å². The van der Waals surface area contributed by atoms with E-state index in [1.165, 1.54) is 6.07 Å². The maximum Gasteiger partial charge on any atom is 0.268 e. The van der Waals surface area contributed by atoms with Crippen LogP contribution in [0.2, 0.25) is 5.02 Å². The van der Waals surface area contributed by atoms with Crippen LogP contribution in [0, 0.1) is 5.82 Å². The molecule has 3 heterocycles. The van der Waals surface area contributed by atoms with Crippen molar-refractivity contribution in [3.8, 4) is 5.75 Å². The van der Waals surface area contributed by atoms with E-state index >= 15 is 0 Å². The van der Waals surface area contributed by atoms with E-state index in [1.54, 1.807) is 28.8 Å². The first-order valence-corrected chi connectivity index (χ1v) is 8.48. The topological polar surface area (TPSA) is 58.9 Å². The van der Waals surface area contributed by atoms with Crippen LogP contribution in [0.25, 0.3) is 5.65 Å². The predicted molar refractivity (Wildman–Crippen MR) is 96.5 cm³/mol. The Balaban J connectivity index is 1.83. The van der Waals surface area contributed by atoms with E-state index < -0.39 is 5.82 Å². The molecule has 2 aromatic heterocycles. The minimum Gasteiger partial charge on any atom is -0.491 e. The molecule has 0 fully saturated rings. The van der Waals surface area contributed by atoms with Gasteiger partial charge >= 0.3 is 0 Å². The highest BCUT2D eigenvalue weighted by Crippen LogP contribution is 2.31. The van der Waals surface area contributed by atoms with Gasteiger partial charge in [0.1, 0.15) is 29.5 Å². The highest BCUT2D eigenvalue weighted by Gasteiger charge is 2.18. The molecule has 6 nitrogen and oxygen atoms in total. The Labute approximate surface area is 154 Å². The number of carbonyl (C=O) groups is 1. The molecule has 0 spiro atoms. The fourth-order valence-electron chi connectivity index (χ4n) is 2.96. The Hall–Kier alpha value is -2.80. The second kappa shape index (κ2) is 6.49. The molecule has 1 amide bonds. The third-order valence-electron chi connectivity index (χ3n) is 4.35. The van der Waals surface area contributed by atoms with Gasteiger partial charge in [-0.15, -0.1) is 0 Å². The average molecular weight is 375 g/mol. The standard InChI is InChI=1S/C18H16ClFN4O2/c1-23-10-12-15(4-2-13(20)17(12)19)26-7-6-21-18(25)14-3-5-16-22-8-11(23)9-24(14)16/h2-5,8-9H,6-7,10H2,1H3,(H,21,25). The van der Waals surface area contributed by atoms with Gasteiger partial charge in [0.25, 0.3) is 5.91 Å². The number of ether oxygens (including phenoxy) is 1. The lowest BCUT2D eigenvalue weighted by Crippen LogP contribution is -2.29. The molecule has 1 N–H and O–H groups in total. The number of nitrogens with zero attached hydrogens (tertiary/aromatic N) is 3. The number of rotatable bonds is 0. The molecule has 1 aliphatic rings. The Morgan fingerprint density at radius 2 is 2.15 bits per heavy atom. The van der Waals surface area contributed by atoms with Crippen LogP contribution in [0.5, 0.6) is 5.75 Å². The average Bonchev–Trinajstić information content (AvgIpc) is 3.06. The van der Waals surface area contributed by atoms with Crippen molar-refractivity contribution >= 4 is 28.8 Å². The third kappa shape index (κ3) is 2.84. The molecule has 4 rings (SSSR count). The highest BCUT2D eigenvalue weighted by atomic mass is 35.5. The molecule has 0 radical (unpaired) electrons. The van der Waals surface area contributed by atoms with Gasteiger partial charge in [-0.05, 0) is 24.3 Å². The van der Waals surface area contributed by atoms with Crippen LogP contribution >= 0.6 is 11.6 Å². The Morgan fingerprint density at radius 1 is 1.31 bits per heavy atom. The summed E-state index contributed by atoms with van der Waals surface area (Å²) in [6, 6.07) is 6.33. The zero-order chi connectivity index (χ0) is 18.3. The normalized spacial score (nSPS) is 14.9. The number of amides is 1. The number of fused-ring (bicyclic) bond motifs is 2. The SMILES string of the molecule is CN1Cc2c(ccc(F)c2Cl)OCCNC(=O)c2ccc3ncc1cn23. The summed E-state index contributed by atoms with van der Waals surface area (Å²) in [5.74, 6) is -0.224. The molecule has 0 unspecified atom stereocenters. The molecule has 0 aliphatic carbocycles. The molecule has 2 bridgehead atoms. The van der Waals surface area contributed by atoms with Gasteiger partial charge in [0.05, 0.1) is 23.5 Å². The predicted octanol–water partition coefficient (Wildman–Crippen LogP) is 2.89. The van der Waals surface area contributed by atoms with Crippen LogP contribution in [0.1, 0.15) is 16.1 Å². The van der Waals surface area contributed by atoms with Crippen LogP contribution in [-0.2, 0) is 6.54 Å². The summed E-state index contributed by atoms with van der Waals surface area (Å²) < 4.78 is 21.4. The molecular formula is C18H16ClFN4O2. The van der Waals surface area contributed by atoms with Gasteiger partial charge in [0, 0.05) is 25.4 Å².